The largest absolute Gasteiger partial charge is 0.494 e. The third kappa shape index (κ3) is 2.67. The van der Waals surface area contributed by atoms with Crippen LogP contribution in [0.4, 0.5) is 0 Å². The Morgan fingerprint density at radius 1 is 1.43 bits per heavy atom. The van der Waals surface area contributed by atoms with Crippen LogP contribution in [0.3, 0.4) is 0 Å². The summed E-state index contributed by atoms with van der Waals surface area (Å²) in [5, 5.41) is 10.4. The van der Waals surface area contributed by atoms with Gasteiger partial charge in [-0.15, -0.1) is 0 Å². The van der Waals surface area contributed by atoms with E-state index in [0.29, 0.717) is 0 Å². The molecular weight excluding hydrogens is 286 g/mol. The minimum absolute atomic E-state index is 0.138. The van der Waals surface area contributed by atoms with Gasteiger partial charge in [0.2, 0.25) is 5.88 Å². The first-order valence-corrected chi connectivity index (χ1v) is 7.16. The Morgan fingerprint density at radius 2 is 2.14 bits per heavy atom. The zero-order chi connectivity index (χ0) is 15.0. The molecule has 21 heavy (non-hydrogen) atoms. The fraction of sp³-hybridized carbons (Fsp3) is 0.267. The van der Waals surface area contributed by atoms with Crippen LogP contribution >= 0.6 is 12.2 Å². The Kier molecular flexibility index (Phi) is 3.47. The van der Waals surface area contributed by atoms with Crippen molar-refractivity contribution in [2.75, 3.05) is 0 Å². The zero-order valence-electron chi connectivity index (χ0n) is 11.5. The van der Waals surface area contributed by atoms with E-state index in [1.54, 1.807) is 0 Å². The number of aromatic nitrogens is 2. The molecule has 0 amide bonds. The first kappa shape index (κ1) is 13.8. The number of aryl methyl sites for hydroxylation is 1. The van der Waals surface area contributed by atoms with Gasteiger partial charge in [-0.3, -0.25) is 19.3 Å². The molecule has 0 saturated heterocycles. The standard InChI is InChI=1S/C15H15N3O2S/c1-9-4-2-3-5-12(9)18-14(20)11(8-16-10-6-7-10)13(19)17-15(18)21/h2-5,8,10,20H,6-7H2,1H3,(H,17,19,21). The van der Waals surface area contributed by atoms with Crippen molar-refractivity contribution < 1.29 is 5.11 Å². The minimum atomic E-state index is -0.424. The van der Waals surface area contributed by atoms with Crippen molar-refractivity contribution in [2.24, 2.45) is 4.99 Å². The van der Waals surface area contributed by atoms with Crippen molar-refractivity contribution in [3.05, 3.63) is 50.5 Å². The number of hydrogen-bond acceptors (Lipinski definition) is 4. The molecule has 0 unspecified atom stereocenters. The lowest BCUT2D eigenvalue weighted by Gasteiger charge is -2.13. The summed E-state index contributed by atoms with van der Waals surface area (Å²) in [5.41, 5.74) is 1.39. The molecule has 6 heteroatoms. The second kappa shape index (κ2) is 5.29. The highest BCUT2D eigenvalue weighted by atomic mass is 32.1. The number of para-hydroxylation sites is 1. The molecule has 2 aromatic rings. The lowest BCUT2D eigenvalue weighted by Crippen LogP contribution is -2.18. The van der Waals surface area contributed by atoms with Gasteiger partial charge in [-0.05, 0) is 43.6 Å². The van der Waals surface area contributed by atoms with Gasteiger partial charge in [0, 0.05) is 6.21 Å². The fourth-order valence-electron chi connectivity index (χ4n) is 2.10. The molecule has 0 spiro atoms. The molecule has 0 bridgehead atoms. The summed E-state index contributed by atoms with van der Waals surface area (Å²) in [5.74, 6) is -0.178. The quantitative estimate of drug-likeness (QED) is 0.676. The summed E-state index contributed by atoms with van der Waals surface area (Å²) in [6.45, 7) is 1.92. The van der Waals surface area contributed by atoms with Crippen LogP contribution in [-0.4, -0.2) is 26.9 Å². The number of hydrogen-bond donors (Lipinski definition) is 2. The van der Waals surface area contributed by atoms with Gasteiger partial charge < -0.3 is 5.11 Å². The van der Waals surface area contributed by atoms with Gasteiger partial charge in [0.1, 0.15) is 5.56 Å². The van der Waals surface area contributed by atoms with E-state index < -0.39 is 5.56 Å². The average Bonchev–Trinajstić information content (AvgIpc) is 3.24. The second-order valence-corrected chi connectivity index (χ2v) is 5.51. The maximum atomic E-state index is 12.0. The molecular formula is C15H15N3O2S. The fourth-order valence-corrected chi connectivity index (χ4v) is 2.37. The van der Waals surface area contributed by atoms with Crippen LogP contribution in [0.25, 0.3) is 5.69 Å². The Hall–Kier alpha value is -2.21. The van der Waals surface area contributed by atoms with Gasteiger partial charge in [-0.25, -0.2) is 0 Å². The van der Waals surface area contributed by atoms with Gasteiger partial charge >= 0.3 is 0 Å². The summed E-state index contributed by atoms with van der Waals surface area (Å²) in [6.07, 6.45) is 3.51. The van der Waals surface area contributed by atoms with Gasteiger partial charge in [0.05, 0.1) is 11.7 Å². The average molecular weight is 301 g/mol. The number of aromatic amines is 1. The third-order valence-corrected chi connectivity index (χ3v) is 3.72. The molecule has 0 aliphatic heterocycles. The number of rotatable bonds is 3. The number of nitrogens with zero attached hydrogens (tertiary/aromatic N) is 2. The Balaban J connectivity index is 2.21. The lowest BCUT2D eigenvalue weighted by molar-refractivity contribution is 0.432. The molecule has 1 heterocycles. The monoisotopic (exact) mass is 301 g/mol. The molecule has 5 nitrogen and oxygen atoms in total. The summed E-state index contributed by atoms with van der Waals surface area (Å²) in [6, 6.07) is 7.79. The van der Waals surface area contributed by atoms with Crippen LogP contribution in [0.2, 0.25) is 0 Å². The highest BCUT2D eigenvalue weighted by Gasteiger charge is 2.20. The van der Waals surface area contributed by atoms with E-state index in [4.69, 9.17) is 12.2 Å². The summed E-state index contributed by atoms with van der Waals surface area (Å²) >= 11 is 5.18. The Labute approximate surface area is 126 Å². The molecule has 1 aliphatic carbocycles. The Morgan fingerprint density at radius 3 is 2.81 bits per heavy atom. The summed E-state index contributed by atoms with van der Waals surface area (Å²) < 4.78 is 1.62. The van der Waals surface area contributed by atoms with Crippen LogP contribution in [0.15, 0.2) is 34.1 Å². The number of aliphatic imine (C=N–C) groups is 1. The van der Waals surface area contributed by atoms with Crippen LogP contribution in [-0.2, 0) is 0 Å². The van der Waals surface area contributed by atoms with Crippen LogP contribution < -0.4 is 5.56 Å². The highest BCUT2D eigenvalue weighted by Crippen LogP contribution is 2.25. The second-order valence-electron chi connectivity index (χ2n) is 5.13. The van der Waals surface area contributed by atoms with Crippen molar-refractivity contribution in [1.29, 1.82) is 0 Å². The van der Waals surface area contributed by atoms with E-state index in [1.807, 2.05) is 31.2 Å². The molecule has 3 rings (SSSR count). The van der Waals surface area contributed by atoms with Crippen molar-refractivity contribution >= 4 is 18.4 Å². The molecule has 2 N–H and O–H groups in total. The van der Waals surface area contributed by atoms with Crippen molar-refractivity contribution in [1.82, 2.24) is 9.55 Å². The molecule has 1 fully saturated rings. The maximum Gasteiger partial charge on any atom is 0.264 e. The summed E-state index contributed by atoms with van der Waals surface area (Å²) in [7, 11) is 0. The molecule has 108 valence electrons. The van der Waals surface area contributed by atoms with Crippen molar-refractivity contribution in [2.45, 2.75) is 25.8 Å². The SMILES string of the molecule is Cc1ccccc1-n1c(O)c(C=NC2CC2)c(=O)[nH]c1=S. The van der Waals surface area contributed by atoms with E-state index >= 15 is 0 Å². The van der Waals surface area contributed by atoms with Gasteiger partial charge in [0.25, 0.3) is 5.56 Å². The zero-order valence-corrected chi connectivity index (χ0v) is 12.4. The molecule has 1 saturated carbocycles. The van der Waals surface area contributed by atoms with Crippen molar-refractivity contribution in [3.63, 3.8) is 0 Å². The van der Waals surface area contributed by atoms with Crippen LogP contribution in [0.5, 0.6) is 5.88 Å². The Bertz CT molecular complexity index is 832. The number of benzene rings is 1. The van der Waals surface area contributed by atoms with E-state index in [1.165, 1.54) is 10.8 Å². The topological polar surface area (TPSA) is 70.4 Å². The van der Waals surface area contributed by atoms with Crippen LogP contribution in [0, 0.1) is 11.7 Å². The number of nitrogens with one attached hydrogen (secondary N) is 1. The predicted molar refractivity (Wildman–Crippen MR) is 84.2 cm³/mol. The minimum Gasteiger partial charge on any atom is -0.494 e. The smallest absolute Gasteiger partial charge is 0.264 e. The number of H-pyrrole nitrogens is 1. The van der Waals surface area contributed by atoms with E-state index in [9.17, 15) is 9.90 Å². The molecule has 0 atom stereocenters. The molecule has 1 aromatic carbocycles. The van der Waals surface area contributed by atoms with Crippen LogP contribution in [0.1, 0.15) is 24.0 Å². The highest BCUT2D eigenvalue weighted by molar-refractivity contribution is 7.71. The van der Waals surface area contributed by atoms with Gasteiger partial charge in [0.15, 0.2) is 4.77 Å². The van der Waals surface area contributed by atoms with Gasteiger partial charge in [-0.1, -0.05) is 18.2 Å². The molecule has 0 radical (unpaired) electrons. The first-order chi connectivity index (χ1) is 10.1. The van der Waals surface area contributed by atoms with E-state index in [0.717, 1.165) is 24.1 Å². The third-order valence-electron chi connectivity index (χ3n) is 3.44. The lowest BCUT2D eigenvalue weighted by atomic mass is 10.2. The molecule has 1 aliphatic rings. The maximum absolute atomic E-state index is 12.0. The predicted octanol–water partition coefficient (Wildman–Crippen LogP) is 2.49. The molecule has 1 aromatic heterocycles. The normalized spacial score (nSPS) is 14.7. The summed E-state index contributed by atoms with van der Waals surface area (Å²) in [4.78, 5) is 18.8. The van der Waals surface area contributed by atoms with Crippen molar-refractivity contribution in [3.8, 4) is 11.6 Å². The first-order valence-electron chi connectivity index (χ1n) is 6.75. The van der Waals surface area contributed by atoms with E-state index in [2.05, 4.69) is 9.98 Å². The van der Waals surface area contributed by atoms with Gasteiger partial charge in [-0.2, -0.15) is 0 Å². The van der Waals surface area contributed by atoms with E-state index in [-0.39, 0.29) is 22.3 Å². The number of aromatic hydroxyl groups is 1.